The molecule has 2 fully saturated rings. The van der Waals surface area contributed by atoms with Crippen LogP contribution in [0.5, 0.6) is 5.75 Å². The van der Waals surface area contributed by atoms with E-state index in [0.717, 1.165) is 55.6 Å². The highest BCUT2D eigenvalue weighted by Gasteiger charge is 2.34. The monoisotopic (exact) mass is 458 g/mol. The first kappa shape index (κ1) is 25.0. The van der Waals surface area contributed by atoms with Crippen LogP contribution in [0.1, 0.15) is 82.6 Å². The molecule has 3 rings (SSSR count). The maximum absolute atomic E-state index is 13.9. The van der Waals surface area contributed by atoms with Gasteiger partial charge in [-0.3, -0.25) is 0 Å². The number of aryl methyl sites for hydroxylation is 1. The molecule has 6 heteroatoms. The van der Waals surface area contributed by atoms with Gasteiger partial charge in [-0.25, -0.2) is 8.78 Å². The number of benzene rings is 1. The quantitative estimate of drug-likeness (QED) is 0.204. The van der Waals surface area contributed by atoms with Gasteiger partial charge in [0.2, 0.25) is 5.75 Å². The lowest BCUT2D eigenvalue weighted by atomic mass is 9.68. The van der Waals surface area contributed by atoms with Crippen molar-refractivity contribution >= 4 is 0 Å². The molecule has 0 N–H and O–H groups in total. The van der Waals surface area contributed by atoms with Crippen LogP contribution < -0.4 is 4.74 Å². The summed E-state index contributed by atoms with van der Waals surface area (Å²) < 4.78 is 68.1. The number of unbranched alkanes of at least 4 members (excludes halogenated alkanes) is 1. The highest BCUT2D eigenvalue weighted by Crippen LogP contribution is 2.43. The van der Waals surface area contributed by atoms with Gasteiger partial charge in [0, 0.05) is 0 Å². The topological polar surface area (TPSA) is 9.23 Å². The number of hydrogen-bond acceptors (Lipinski definition) is 1. The predicted octanol–water partition coefficient (Wildman–Crippen LogP) is 8.77. The smallest absolute Gasteiger partial charge is 0.399 e. The van der Waals surface area contributed by atoms with Gasteiger partial charge in [-0.05, 0) is 92.7 Å². The first-order valence-corrected chi connectivity index (χ1v) is 12.1. The molecule has 0 bridgehead atoms. The molecule has 0 saturated heterocycles. The standard InChI is InChI=1S/C26H35F5O/c1-2-3-4-5-18-8-12-21(13-9-18)22-14-10-19(11-15-22)6-7-20-16-23(27)25(24(28)17-20)32-26(29,30)31/h2,16-19,21-22H,1,3-15H2/t18-,19-,21-,22-. The van der Waals surface area contributed by atoms with Crippen molar-refractivity contribution in [2.45, 2.75) is 89.8 Å². The van der Waals surface area contributed by atoms with Gasteiger partial charge in [-0.15, -0.1) is 19.8 Å². The molecule has 2 aliphatic rings. The third kappa shape index (κ3) is 7.48. The van der Waals surface area contributed by atoms with Crippen LogP contribution in [0.4, 0.5) is 22.0 Å². The largest absolute Gasteiger partial charge is 0.573 e. The lowest BCUT2D eigenvalue weighted by molar-refractivity contribution is -0.276. The minimum absolute atomic E-state index is 0.381. The Balaban J connectivity index is 1.40. The normalized spacial score (nSPS) is 26.7. The maximum atomic E-state index is 13.9. The van der Waals surface area contributed by atoms with Gasteiger partial charge in [0.25, 0.3) is 0 Å². The van der Waals surface area contributed by atoms with Crippen LogP contribution in [0.15, 0.2) is 24.8 Å². The molecular formula is C26H35F5O. The zero-order chi connectivity index (χ0) is 23.1. The predicted molar refractivity (Wildman–Crippen MR) is 116 cm³/mol. The van der Waals surface area contributed by atoms with E-state index in [1.54, 1.807) is 0 Å². The van der Waals surface area contributed by atoms with E-state index in [0.29, 0.717) is 17.9 Å². The molecule has 0 spiro atoms. The van der Waals surface area contributed by atoms with E-state index < -0.39 is 23.7 Å². The number of rotatable bonds is 9. The van der Waals surface area contributed by atoms with E-state index in [1.165, 1.54) is 51.4 Å². The molecule has 1 nitrogen and oxygen atoms in total. The summed E-state index contributed by atoms with van der Waals surface area (Å²) in [6.07, 6.45) is 12.0. The van der Waals surface area contributed by atoms with Crippen LogP contribution in [0.25, 0.3) is 0 Å². The van der Waals surface area contributed by atoms with Gasteiger partial charge in [0.1, 0.15) is 0 Å². The van der Waals surface area contributed by atoms with Crippen molar-refractivity contribution in [1.29, 1.82) is 0 Å². The van der Waals surface area contributed by atoms with Gasteiger partial charge >= 0.3 is 6.36 Å². The average Bonchev–Trinajstić information content (AvgIpc) is 2.75. The van der Waals surface area contributed by atoms with Crippen LogP contribution >= 0.6 is 0 Å². The first-order valence-electron chi connectivity index (χ1n) is 12.1. The first-order chi connectivity index (χ1) is 15.2. The molecule has 0 radical (unpaired) electrons. The molecular weight excluding hydrogens is 423 g/mol. The minimum atomic E-state index is -5.12. The van der Waals surface area contributed by atoms with Crippen molar-refractivity contribution < 1.29 is 26.7 Å². The number of allylic oxidation sites excluding steroid dienone is 1. The van der Waals surface area contributed by atoms with Crippen LogP contribution in [0, 0.1) is 35.3 Å². The summed E-state index contributed by atoms with van der Waals surface area (Å²) in [5, 5.41) is 0. The molecule has 0 amide bonds. The highest BCUT2D eigenvalue weighted by atomic mass is 19.4. The second-order valence-electron chi connectivity index (χ2n) is 9.76. The summed E-state index contributed by atoms with van der Waals surface area (Å²) in [5.41, 5.74) is 0.381. The van der Waals surface area contributed by atoms with Crippen molar-refractivity contribution in [3.05, 3.63) is 42.0 Å². The van der Waals surface area contributed by atoms with Gasteiger partial charge in [0.05, 0.1) is 0 Å². The van der Waals surface area contributed by atoms with Gasteiger partial charge in [0.15, 0.2) is 11.6 Å². The number of hydrogen-bond donors (Lipinski definition) is 0. The van der Waals surface area contributed by atoms with Crippen molar-refractivity contribution in [2.24, 2.45) is 23.7 Å². The lowest BCUT2D eigenvalue weighted by Gasteiger charge is -2.38. The third-order valence-corrected chi connectivity index (χ3v) is 7.59. The lowest BCUT2D eigenvalue weighted by Crippen LogP contribution is -2.26. The number of alkyl halides is 3. The molecule has 0 aromatic heterocycles. The van der Waals surface area contributed by atoms with E-state index in [2.05, 4.69) is 11.3 Å². The van der Waals surface area contributed by atoms with Gasteiger partial charge < -0.3 is 4.74 Å². The second-order valence-corrected chi connectivity index (χ2v) is 9.76. The van der Waals surface area contributed by atoms with E-state index in [1.807, 2.05) is 6.08 Å². The Hall–Kier alpha value is -1.59. The van der Waals surface area contributed by atoms with Crippen LogP contribution in [-0.4, -0.2) is 6.36 Å². The second kappa shape index (κ2) is 11.5. The van der Waals surface area contributed by atoms with Crippen molar-refractivity contribution in [2.75, 3.05) is 0 Å². The van der Waals surface area contributed by atoms with E-state index >= 15 is 0 Å². The fourth-order valence-electron chi connectivity index (χ4n) is 5.79. The number of ether oxygens (including phenoxy) is 1. The Labute approximate surface area is 188 Å². The van der Waals surface area contributed by atoms with Crippen molar-refractivity contribution in [3.8, 4) is 5.75 Å². The van der Waals surface area contributed by atoms with Crippen molar-refractivity contribution in [1.82, 2.24) is 0 Å². The summed E-state index contributed by atoms with van der Waals surface area (Å²) >= 11 is 0. The van der Waals surface area contributed by atoms with Crippen LogP contribution in [-0.2, 0) is 6.42 Å². The van der Waals surface area contributed by atoms with Gasteiger partial charge in [-0.1, -0.05) is 38.2 Å². The molecule has 0 unspecified atom stereocenters. The van der Waals surface area contributed by atoms with Crippen LogP contribution in [0.2, 0.25) is 0 Å². The Kier molecular flexibility index (Phi) is 9.01. The molecule has 1 aromatic carbocycles. The molecule has 0 aliphatic heterocycles. The van der Waals surface area contributed by atoms with E-state index in [9.17, 15) is 22.0 Å². The molecule has 2 aliphatic carbocycles. The molecule has 0 atom stereocenters. The minimum Gasteiger partial charge on any atom is -0.399 e. The zero-order valence-electron chi connectivity index (χ0n) is 18.7. The summed E-state index contributed by atoms with van der Waals surface area (Å²) in [7, 11) is 0. The summed E-state index contributed by atoms with van der Waals surface area (Å²) in [6, 6.07) is 1.92. The van der Waals surface area contributed by atoms with E-state index in [4.69, 9.17) is 0 Å². The SMILES string of the molecule is C=CCCC[C@H]1CC[C@H]([C@H]2CC[C@H](CCc3cc(F)c(OC(F)(F)F)c(F)c3)CC2)CC1. The van der Waals surface area contributed by atoms with Crippen LogP contribution in [0.3, 0.4) is 0 Å². The Bertz CT molecular complexity index is 705. The van der Waals surface area contributed by atoms with Gasteiger partial charge in [-0.2, -0.15) is 0 Å². The fourth-order valence-corrected chi connectivity index (χ4v) is 5.79. The Morgan fingerprint density at radius 2 is 1.34 bits per heavy atom. The fraction of sp³-hybridized carbons (Fsp3) is 0.692. The maximum Gasteiger partial charge on any atom is 0.573 e. The van der Waals surface area contributed by atoms with E-state index in [-0.39, 0.29) is 0 Å². The zero-order valence-corrected chi connectivity index (χ0v) is 18.7. The Morgan fingerprint density at radius 1 is 0.844 bits per heavy atom. The third-order valence-electron chi connectivity index (χ3n) is 7.59. The summed E-state index contributed by atoms with van der Waals surface area (Å²) in [6.45, 7) is 3.80. The molecule has 2 saturated carbocycles. The molecule has 1 aromatic rings. The molecule has 0 heterocycles. The average molecular weight is 459 g/mol. The summed E-state index contributed by atoms with van der Waals surface area (Å²) in [4.78, 5) is 0. The van der Waals surface area contributed by atoms with Crippen molar-refractivity contribution in [3.63, 3.8) is 0 Å². The molecule has 32 heavy (non-hydrogen) atoms. The highest BCUT2D eigenvalue weighted by molar-refractivity contribution is 5.31. The Morgan fingerprint density at radius 3 is 1.81 bits per heavy atom. The molecule has 180 valence electrons. The number of halogens is 5. The summed E-state index contributed by atoms with van der Waals surface area (Å²) in [5.74, 6) is -0.945.